The molecule has 0 fully saturated rings. The van der Waals surface area contributed by atoms with Crippen molar-refractivity contribution in [3.8, 4) is 5.75 Å². The molecule has 2 nitrogen and oxygen atoms in total. The maximum atomic E-state index is 9.33. The van der Waals surface area contributed by atoms with Gasteiger partial charge in [-0.1, -0.05) is 36.2 Å². The first kappa shape index (κ1) is 12.6. The molecule has 0 aromatic heterocycles. The Hall–Kier alpha value is -0.440. The maximum absolute atomic E-state index is 9.33. The molecule has 0 spiro atoms. The molecule has 0 bridgehead atoms. The third-order valence-corrected chi connectivity index (χ3v) is 2.68. The fourth-order valence-electron chi connectivity index (χ4n) is 1.12. The smallest absolute Gasteiger partial charge is 0.156 e. The molecule has 1 N–H and O–H groups in total. The Labute approximate surface area is 99.8 Å². The van der Waals surface area contributed by atoms with Gasteiger partial charge < -0.3 is 9.84 Å². The van der Waals surface area contributed by atoms with Crippen LogP contribution in [-0.2, 0) is 0 Å². The van der Waals surface area contributed by atoms with Crippen LogP contribution in [-0.4, -0.2) is 17.8 Å². The Morgan fingerprint density at radius 2 is 1.93 bits per heavy atom. The highest BCUT2D eigenvalue weighted by Crippen LogP contribution is 2.32. The zero-order valence-electron chi connectivity index (χ0n) is 8.54. The highest BCUT2D eigenvalue weighted by atomic mass is 35.5. The van der Waals surface area contributed by atoms with Crippen molar-refractivity contribution in [2.75, 3.05) is 6.61 Å². The van der Waals surface area contributed by atoms with Gasteiger partial charge in [0, 0.05) is 6.42 Å². The van der Waals surface area contributed by atoms with E-state index in [0.29, 0.717) is 28.8 Å². The van der Waals surface area contributed by atoms with E-state index in [1.165, 1.54) is 0 Å². The van der Waals surface area contributed by atoms with Crippen molar-refractivity contribution < 1.29 is 9.84 Å². The SMILES string of the molecule is CCC(O)CCOc1c(Cl)cccc1Cl. The summed E-state index contributed by atoms with van der Waals surface area (Å²) in [6, 6.07) is 5.20. The Morgan fingerprint density at radius 3 is 2.47 bits per heavy atom. The third kappa shape index (κ3) is 3.90. The van der Waals surface area contributed by atoms with Crippen molar-refractivity contribution >= 4 is 23.2 Å². The van der Waals surface area contributed by atoms with Crippen LogP contribution in [0.5, 0.6) is 5.75 Å². The second-order valence-electron chi connectivity index (χ2n) is 3.25. The average molecular weight is 249 g/mol. The van der Waals surface area contributed by atoms with Crippen LogP contribution in [0.1, 0.15) is 19.8 Å². The number of rotatable bonds is 5. The summed E-state index contributed by atoms with van der Waals surface area (Å²) >= 11 is 11.8. The molecule has 1 rings (SSSR count). The first-order valence-corrected chi connectivity index (χ1v) is 5.65. The third-order valence-electron chi connectivity index (χ3n) is 2.09. The van der Waals surface area contributed by atoms with Gasteiger partial charge in [0.05, 0.1) is 22.8 Å². The van der Waals surface area contributed by atoms with E-state index in [9.17, 15) is 5.11 Å². The van der Waals surface area contributed by atoms with E-state index in [1.54, 1.807) is 18.2 Å². The summed E-state index contributed by atoms with van der Waals surface area (Å²) in [5, 5.41) is 10.3. The quantitative estimate of drug-likeness (QED) is 0.864. The van der Waals surface area contributed by atoms with Gasteiger partial charge in [-0.15, -0.1) is 0 Å². The van der Waals surface area contributed by atoms with Crippen LogP contribution in [0.3, 0.4) is 0 Å². The summed E-state index contributed by atoms with van der Waals surface area (Å²) in [6.45, 7) is 2.34. The first-order chi connectivity index (χ1) is 7.15. The summed E-state index contributed by atoms with van der Waals surface area (Å²) in [7, 11) is 0. The molecule has 0 amide bonds. The maximum Gasteiger partial charge on any atom is 0.156 e. The number of hydrogen-bond acceptors (Lipinski definition) is 2. The van der Waals surface area contributed by atoms with E-state index in [1.807, 2.05) is 6.92 Å². The van der Waals surface area contributed by atoms with Gasteiger partial charge in [-0.3, -0.25) is 0 Å². The van der Waals surface area contributed by atoms with Gasteiger partial charge in [0.2, 0.25) is 0 Å². The molecule has 0 saturated heterocycles. The lowest BCUT2D eigenvalue weighted by Gasteiger charge is -2.11. The predicted octanol–water partition coefficient (Wildman–Crippen LogP) is 3.53. The van der Waals surface area contributed by atoms with Gasteiger partial charge in [-0.05, 0) is 18.6 Å². The minimum Gasteiger partial charge on any atom is -0.490 e. The Kier molecular flexibility index (Phi) is 5.23. The minimum absolute atomic E-state index is 0.328. The number of ether oxygens (including phenoxy) is 1. The zero-order chi connectivity index (χ0) is 11.3. The summed E-state index contributed by atoms with van der Waals surface area (Å²) in [4.78, 5) is 0. The van der Waals surface area contributed by atoms with Gasteiger partial charge in [0.15, 0.2) is 5.75 Å². The fraction of sp³-hybridized carbons (Fsp3) is 0.455. The lowest BCUT2D eigenvalue weighted by atomic mass is 10.2. The standard InChI is InChI=1S/C11H14Cl2O2/c1-2-8(14)6-7-15-11-9(12)4-3-5-10(11)13/h3-5,8,14H,2,6-7H2,1H3. The minimum atomic E-state index is -0.328. The Bertz CT molecular complexity index is 295. The summed E-state index contributed by atoms with van der Waals surface area (Å²) < 4.78 is 5.42. The van der Waals surface area contributed by atoms with Gasteiger partial charge in [0.1, 0.15) is 0 Å². The van der Waals surface area contributed by atoms with Crippen LogP contribution in [0.25, 0.3) is 0 Å². The molecule has 0 heterocycles. The molecule has 1 atom stereocenters. The molecule has 4 heteroatoms. The van der Waals surface area contributed by atoms with Crippen molar-refractivity contribution in [1.82, 2.24) is 0 Å². The molecule has 0 aliphatic carbocycles. The molecule has 0 radical (unpaired) electrons. The molecule has 1 aromatic rings. The van der Waals surface area contributed by atoms with E-state index in [4.69, 9.17) is 27.9 Å². The summed E-state index contributed by atoms with van der Waals surface area (Å²) in [6.07, 6.45) is 0.976. The number of aliphatic hydroxyl groups excluding tert-OH is 1. The van der Waals surface area contributed by atoms with E-state index in [-0.39, 0.29) is 6.10 Å². The molecule has 1 aromatic carbocycles. The van der Waals surface area contributed by atoms with Crippen LogP contribution in [0.2, 0.25) is 10.0 Å². The lowest BCUT2D eigenvalue weighted by Crippen LogP contribution is -2.10. The topological polar surface area (TPSA) is 29.5 Å². The largest absolute Gasteiger partial charge is 0.490 e. The van der Waals surface area contributed by atoms with Crippen LogP contribution in [0.15, 0.2) is 18.2 Å². The molecule has 15 heavy (non-hydrogen) atoms. The predicted molar refractivity (Wildman–Crippen MR) is 62.9 cm³/mol. The van der Waals surface area contributed by atoms with Crippen LogP contribution < -0.4 is 4.74 Å². The molecule has 1 unspecified atom stereocenters. The summed E-state index contributed by atoms with van der Waals surface area (Å²) in [5.41, 5.74) is 0. The zero-order valence-corrected chi connectivity index (χ0v) is 10.1. The Morgan fingerprint density at radius 1 is 1.33 bits per heavy atom. The Balaban J connectivity index is 2.50. The van der Waals surface area contributed by atoms with Gasteiger partial charge in [-0.2, -0.15) is 0 Å². The average Bonchev–Trinajstić information content (AvgIpc) is 2.22. The van der Waals surface area contributed by atoms with Crippen molar-refractivity contribution in [2.45, 2.75) is 25.9 Å². The van der Waals surface area contributed by atoms with E-state index in [0.717, 1.165) is 6.42 Å². The second-order valence-corrected chi connectivity index (χ2v) is 4.06. The van der Waals surface area contributed by atoms with Gasteiger partial charge >= 0.3 is 0 Å². The normalized spacial score (nSPS) is 12.5. The molecule has 0 aliphatic rings. The number of hydrogen-bond donors (Lipinski definition) is 1. The second kappa shape index (κ2) is 6.21. The molecular formula is C11H14Cl2O2. The highest BCUT2D eigenvalue weighted by Gasteiger charge is 2.07. The number of halogens is 2. The van der Waals surface area contributed by atoms with Crippen molar-refractivity contribution in [2.24, 2.45) is 0 Å². The molecular weight excluding hydrogens is 235 g/mol. The van der Waals surface area contributed by atoms with E-state index >= 15 is 0 Å². The van der Waals surface area contributed by atoms with Crippen LogP contribution in [0, 0.1) is 0 Å². The van der Waals surface area contributed by atoms with E-state index in [2.05, 4.69) is 0 Å². The highest BCUT2D eigenvalue weighted by molar-refractivity contribution is 6.37. The number of benzene rings is 1. The number of para-hydroxylation sites is 1. The fourth-order valence-corrected chi connectivity index (χ4v) is 1.63. The van der Waals surface area contributed by atoms with Crippen molar-refractivity contribution in [3.63, 3.8) is 0 Å². The molecule has 0 aliphatic heterocycles. The van der Waals surface area contributed by atoms with Gasteiger partial charge in [0.25, 0.3) is 0 Å². The van der Waals surface area contributed by atoms with Crippen LogP contribution in [0.4, 0.5) is 0 Å². The lowest BCUT2D eigenvalue weighted by molar-refractivity contribution is 0.135. The molecule has 0 saturated carbocycles. The van der Waals surface area contributed by atoms with Gasteiger partial charge in [-0.25, -0.2) is 0 Å². The number of aliphatic hydroxyl groups is 1. The molecule has 84 valence electrons. The monoisotopic (exact) mass is 248 g/mol. The van der Waals surface area contributed by atoms with Crippen molar-refractivity contribution in [1.29, 1.82) is 0 Å². The van der Waals surface area contributed by atoms with Crippen molar-refractivity contribution in [3.05, 3.63) is 28.2 Å². The van der Waals surface area contributed by atoms with E-state index < -0.39 is 0 Å². The van der Waals surface area contributed by atoms with Crippen LogP contribution >= 0.6 is 23.2 Å². The summed E-state index contributed by atoms with van der Waals surface area (Å²) in [5.74, 6) is 0.490. The first-order valence-electron chi connectivity index (χ1n) is 4.90.